The number of aliphatic hydroxyl groups excluding tert-OH is 1. The second-order valence-corrected chi connectivity index (χ2v) is 3.86. The maximum atomic E-state index is 9.06. The van der Waals surface area contributed by atoms with E-state index in [0.717, 1.165) is 5.56 Å². The number of benzene rings is 1. The minimum Gasteiger partial charge on any atom is -0.392 e. The minimum atomic E-state index is 0.148. The lowest BCUT2D eigenvalue weighted by atomic mass is 9.91. The molecule has 0 amide bonds. The first-order valence-corrected chi connectivity index (χ1v) is 5.43. The average Bonchev–Trinajstić information content (AvgIpc) is 2.20. The van der Waals surface area contributed by atoms with Crippen molar-refractivity contribution in [3.05, 3.63) is 34.9 Å². The van der Waals surface area contributed by atoms with Crippen LogP contribution in [0.4, 0.5) is 0 Å². The van der Waals surface area contributed by atoms with Crippen LogP contribution in [0.15, 0.2) is 18.2 Å². The Labute approximate surface area is 86.8 Å². The fourth-order valence-electron chi connectivity index (χ4n) is 1.91. The Bertz CT molecular complexity index is 287. The van der Waals surface area contributed by atoms with E-state index in [-0.39, 0.29) is 6.61 Å². The van der Waals surface area contributed by atoms with Crippen LogP contribution < -0.4 is 0 Å². The summed E-state index contributed by atoms with van der Waals surface area (Å²) in [4.78, 5) is 0. The third-order valence-corrected chi connectivity index (χ3v) is 2.99. The van der Waals surface area contributed by atoms with Crippen molar-refractivity contribution < 1.29 is 5.11 Å². The van der Waals surface area contributed by atoms with Crippen molar-refractivity contribution in [2.24, 2.45) is 0 Å². The molecule has 0 radical (unpaired) electrons. The van der Waals surface area contributed by atoms with Gasteiger partial charge in [0.2, 0.25) is 0 Å². The molecule has 1 nitrogen and oxygen atoms in total. The van der Waals surface area contributed by atoms with E-state index >= 15 is 0 Å². The van der Waals surface area contributed by atoms with Gasteiger partial charge >= 0.3 is 0 Å². The van der Waals surface area contributed by atoms with E-state index in [1.54, 1.807) is 0 Å². The molecule has 0 fully saturated rings. The van der Waals surface area contributed by atoms with Crippen LogP contribution in [0.5, 0.6) is 0 Å². The van der Waals surface area contributed by atoms with Crippen molar-refractivity contribution in [3.8, 4) is 0 Å². The highest BCUT2D eigenvalue weighted by Gasteiger charge is 2.07. The number of hydrogen-bond acceptors (Lipinski definition) is 1. The number of aryl methyl sites for hydroxylation is 1. The topological polar surface area (TPSA) is 20.2 Å². The van der Waals surface area contributed by atoms with Crippen LogP contribution >= 0.6 is 0 Å². The van der Waals surface area contributed by atoms with Crippen molar-refractivity contribution in [2.45, 2.75) is 46.1 Å². The Morgan fingerprint density at radius 3 is 2.29 bits per heavy atom. The van der Waals surface area contributed by atoms with Crippen LogP contribution in [-0.4, -0.2) is 5.11 Å². The van der Waals surface area contributed by atoms with Crippen molar-refractivity contribution in [2.75, 3.05) is 0 Å². The fourth-order valence-corrected chi connectivity index (χ4v) is 1.91. The predicted octanol–water partition coefficient (Wildman–Crippen LogP) is 3.39. The minimum absolute atomic E-state index is 0.148. The molecule has 14 heavy (non-hydrogen) atoms. The van der Waals surface area contributed by atoms with Gasteiger partial charge in [0.05, 0.1) is 6.61 Å². The molecule has 1 heteroatoms. The van der Waals surface area contributed by atoms with E-state index in [9.17, 15) is 0 Å². The molecule has 0 saturated heterocycles. The molecule has 0 spiro atoms. The first-order valence-electron chi connectivity index (χ1n) is 5.43. The van der Waals surface area contributed by atoms with Crippen LogP contribution in [0.2, 0.25) is 0 Å². The molecule has 1 N–H and O–H groups in total. The zero-order valence-corrected chi connectivity index (χ0v) is 9.38. The van der Waals surface area contributed by atoms with Crippen molar-refractivity contribution in [1.29, 1.82) is 0 Å². The predicted molar refractivity (Wildman–Crippen MR) is 60.4 cm³/mol. The van der Waals surface area contributed by atoms with Crippen molar-refractivity contribution >= 4 is 0 Å². The fraction of sp³-hybridized carbons (Fsp3) is 0.538. The molecule has 0 bridgehead atoms. The molecule has 0 aromatic heterocycles. The van der Waals surface area contributed by atoms with Crippen LogP contribution in [0.25, 0.3) is 0 Å². The van der Waals surface area contributed by atoms with E-state index in [1.165, 1.54) is 24.0 Å². The summed E-state index contributed by atoms with van der Waals surface area (Å²) >= 11 is 0. The lowest BCUT2D eigenvalue weighted by Gasteiger charge is -2.14. The standard InChI is InChI=1S/C13H20O/c1-4-11(5-2)12-6-7-13(9-14)10(3)8-12/h6-8,11,14H,4-5,9H2,1-3H3. The lowest BCUT2D eigenvalue weighted by Crippen LogP contribution is -1.98. The van der Waals surface area contributed by atoms with E-state index in [1.807, 2.05) is 6.07 Å². The van der Waals surface area contributed by atoms with Crippen molar-refractivity contribution in [3.63, 3.8) is 0 Å². The highest BCUT2D eigenvalue weighted by atomic mass is 16.3. The average molecular weight is 192 g/mol. The smallest absolute Gasteiger partial charge is 0.0684 e. The summed E-state index contributed by atoms with van der Waals surface area (Å²) in [7, 11) is 0. The molecule has 0 unspecified atom stereocenters. The molecule has 78 valence electrons. The summed E-state index contributed by atoms with van der Waals surface area (Å²) in [5.74, 6) is 0.668. The Morgan fingerprint density at radius 1 is 1.21 bits per heavy atom. The molecule has 0 aliphatic carbocycles. The van der Waals surface area contributed by atoms with Gasteiger partial charge in [-0.3, -0.25) is 0 Å². The first kappa shape index (κ1) is 11.3. The maximum Gasteiger partial charge on any atom is 0.0684 e. The van der Waals surface area contributed by atoms with Gasteiger partial charge < -0.3 is 5.11 Å². The summed E-state index contributed by atoms with van der Waals surface area (Å²) in [5.41, 5.74) is 3.65. The maximum absolute atomic E-state index is 9.06. The Balaban J connectivity index is 2.95. The van der Waals surface area contributed by atoms with E-state index < -0.39 is 0 Å². The van der Waals surface area contributed by atoms with Gasteiger partial charge in [0.1, 0.15) is 0 Å². The molecular weight excluding hydrogens is 172 g/mol. The lowest BCUT2D eigenvalue weighted by molar-refractivity contribution is 0.281. The van der Waals surface area contributed by atoms with Gasteiger partial charge in [-0.25, -0.2) is 0 Å². The van der Waals surface area contributed by atoms with E-state index in [2.05, 4.69) is 32.9 Å². The summed E-state index contributed by atoms with van der Waals surface area (Å²) in [6.45, 7) is 6.67. The number of rotatable bonds is 4. The van der Waals surface area contributed by atoms with Gasteiger partial charge in [-0.15, -0.1) is 0 Å². The van der Waals surface area contributed by atoms with Crippen LogP contribution in [-0.2, 0) is 6.61 Å². The van der Waals surface area contributed by atoms with E-state index in [4.69, 9.17) is 5.11 Å². The molecule has 0 heterocycles. The van der Waals surface area contributed by atoms with Crippen LogP contribution in [0.3, 0.4) is 0 Å². The Hall–Kier alpha value is -0.820. The molecule has 0 aliphatic heterocycles. The zero-order valence-electron chi connectivity index (χ0n) is 9.38. The zero-order chi connectivity index (χ0) is 10.6. The summed E-state index contributed by atoms with van der Waals surface area (Å²) in [6, 6.07) is 6.41. The largest absolute Gasteiger partial charge is 0.392 e. The van der Waals surface area contributed by atoms with Crippen molar-refractivity contribution in [1.82, 2.24) is 0 Å². The second kappa shape index (κ2) is 5.16. The quantitative estimate of drug-likeness (QED) is 0.775. The van der Waals surface area contributed by atoms with Gasteiger partial charge in [-0.1, -0.05) is 32.0 Å². The molecule has 0 aliphatic rings. The molecular formula is C13H20O. The monoisotopic (exact) mass is 192 g/mol. The first-order chi connectivity index (χ1) is 6.72. The normalized spacial score (nSPS) is 10.9. The SMILES string of the molecule is CCC(CC)c1ccc(CO)c(C)c1. The summed E-state index contributed by atoms with van der Waals surface area (Å²) < 4.78 is 0. The summed E-state index contributed by atoms with van der Waals surface area (Å²) in [5, 5.41) is 9.06. The number of aliphatic hydroxyl groups is 1. The van der Waals surface area contributed by atoms with Gasteiger partial charge in [-0.2, -0.15) is 0 Å². The van der Waals surface area contributed by atoms with Gasteiger partial charge in [0, 0.05) is 0 Å². The molecule has 1 aromatic carbocycles. The molecule has 1 aromatic rings. The Kier molecular flexibility index (Phi) is 4.15. The molecule has 0 atom stereocenters. The Morgan fingerprint density at radius 2 is 1.86 bits per heavy atom. The molecule has 0 saturated carbocycles. The molecule has 1 rings (SSSR count). The third kappa shape index (κ3) is 2.36. The van der Waals surface area contributed by atoms with Crippen LogP contribution in [0.1, 0.15) is 49.3 Å². The highest BCUT2D eigenvalue weighted by molar-refractivity contribution is 5.32. The highest BCUT2D eigenvalue weighted by Crippen LogP contribution is 2.24. The van der Waals surface area contributed by atoms with Gasteiger partial charge in [-0.05, 0) is 42.4 Å². The summed E-state index contributed by atoms with van der Waals surface area (Å²) in [6.07, 6.45) is 2.38. The second-order valence-electron chi connectivity index (χ2n) is 3.86. The number of hydrogen-bond donors (Lipinski definition) is 1. The van der Waals surface area contributed by atoms with Gasteiger partial charge in [0.25, 0.3) is 0 Å². The third-order valence-electron chi connectivity index (χ3n) is 2.99. The van der Waals surface area contributed by atoms with E-state index in [0.29, 0.717) is 5.92 Å². The van der Waals surface area contributed by atoms with Crippen LogP contribution in [0, 0.1) is 6.92 Å². The van der Waals surface area contributed by atoms with Gasteiger partial charge in [0.15, 0.2) is 0 Å².